The molecule has 3 aliphatic rings. The van der Waals surface area contributed by atoms with Crippen molar-refractivity contribution in [1.29, 1.82) is 0 Å². The Hall–Kier alpha value is -3.00. The van der Waals surface area contributed by atoms with Crippen LogP contribution in [0.1, 0.15) is 42.7 Å². The summed E-state index contributed by atoms with van der Waals surface area (Å²) in [4.78, 5) is 39.0. The minimum atomic E-state index is -0.949. The molecule has 0 radical (unpaired) electrons. The van der Waals surface area contributed by atoms with E-state index in [4.69, 9.17) is 4.74 Å². The number of carboxylic acids is 1. The molecule has 5 rings (SSSR count). The average molecular weight is 495 g/mol. The number of ether oxygens (including phenoxy) is 1. The van der Waals surface area contributed by atoms with Gasteiger partial charge in [-0.2, -0.15) is 11.8 Å². The zero-order valence-corrected chi connectivity index (χ0v) is 20.3. The minimum Gasteiger partial charge on any atom is -0.480 e. The molecule has 2 aliphatic carbocycles. The molecule has 1 unspecified atom stereocenters. The fourth-order valence-corrected chi connectivity index (χ4v) is 6.70. The number of carboxylic acid groups (broad SMARTS) is 1. The molecule has 35 heavy (non-hydrogen) atoms. The molecule has 2 amide bonds. The third-order valence-corrected chi connectivity index (χ3v) is 8.41. The van der Waals surface area contributed by atoms with Gasteiger partial charge in [0, 0.05) is 35.9 Å². The first-order chi connectivity index (χ1) is 17.0. The normalized spacial score (nSPS) is 23.8. The molecule has 184 valence electrons. The predicted molar refractivity (Wildman–Crippen MR) is 134 cm³/mol. The Balaban J connectivity index is 1.18. The van der Waals surface area contributed by atoms with Crippen LogP contribution in [0.25, 0.3) is 11.1 Å². The molecule has 2 aromatic rings. The lowest BCUT2D eigenvalue weighted by molar-refractivity contribution is -0.151. The van der Waals surface area contributed by atoms with Gasteiger partial charge in [0.05, 0.1) is 0 Å². The lowest BCUT2D eigenvalue weighted by atomic mass is 9.84. The number of amides is 2. The lowest BCUT2D eigenvalue weighted by Gasteiger charge is -2.37. The van der Waals surface area contributed by atoms with E-state index in [0.717, 1.165) is 36.1 Å². The first-order valence-electron chi connectivity index (χ1n) is 12.3. The van der Waals surface area contributed by atoms with Crippen molar-refractivity contribution >= 4 is 29.7 Å². The van der Waals surface area contributed by atoms with Crippen LogP contribution in [-0.2, 0) is 14.3 Å². The summed E-state index contributed by atoms with van der Waals surface area (Å²) in [5, 5.41) is 12.5. The SMILES string of the molecule is O=C(N[C@@H]1CCC[C@H](C(=O)N2CCSCC2C(=O)O)C1)OCC1c2ccccc2-c2ccccc21. The fourth-order valence-electron chi connectivity index (χ4n) is 5.66. The van der Waals surface area contributed by atoms with Gasteiger partial charge in [-0.05, 0) is 41.5 Å². The number of aliphatic carboxylic acids is 1. The molecule has 1 saturated heterocycles. The van der Waals surface area contributed by atoms with E-state index in [0.29, 0.717) is 18.7 Å². The van der Waals surface area contributed by atoms with Crippen molar-refractivity contribution in [3.8, 4) is 11.1 Å². The number of carbonyl (C=O) groups excluding carboxylic acids is 2. The van der Waals surface area contributed by atoms with E-state index in [-0.39, 0.29) is 30.4 Å². The highest BCUT2D eigenvalue weighted by Gasteiger charge is 2.38. The Morgan fingerprint density at radius 3 is 2.40 bits per heavy atom. The highest BCUT2D eigenvalue weighted by molar-refractivity contribution is 7.99. The van der Waals surface area contributed by atoms with Gasteiger partial charge in [0.1, 0.15) is 12.6 Å². The van der Waals surface area contributed by atoms with Crippen molar-refractivity contribution in [2.24, 2.45) is 5.92 Å². The van der Waals surface area contributed by atoms with Gasteiger partial charge in [0.25, 0.3) is 0 Å². The van der Waals surface area contributed by atoms with Crippen LogP contribution in [0.5, 0.6) is 0 Å². The van der Waals surface area contributed by atoms with Crippen LogP contribution in [-0.4, -0.2) is 64.7 Å². The van der Waals surface area contributed by atoms with Crippen LogP contribution in [0.15, 0.2) is 48.5 Å². The summed E-state index contributed by atoms with van der Waals surface area (Å²) >= 11 is 1.57. The van der Waals surface area contributed by atoms with Crippen LogP contribution >= 0.6 is 11.8 Å². The van der Waals surface area contributed by atoms with Crippen molar-refractivity contribution < 1.29 is 24.2 Å². The Morgan fingerprint density at radius 2 is 1.71 bits per heavy atom. The molecule has 1 saturated carbocycles. The molecule has 1 aliphatic heterocycles. The summed E-state index contributed by atoms with van der Waals surface area (Å²) < 4.78 is 5.68. The number of carbonyl (C=O) groups is 3. The molecule has 2 aromatic carbocycles. The second-order valence-corrected chi connectivity index (χ2v) is 10.6. The summed E-state index contributed by atoms with van der Waals surface area (Å²) in [7, 11) is 0. The van der Waals surface area contributed by atoms with E-state index in [1.165, 1.54) is 16.0 Å². The number of nitrogens with one attached hydrogen (secondary N) is 1. The Bertz CT molecular complexity index is 1080. The molecule has 0 spiro atoms. The number of rotatable bonds is 5. The maximum atomic E-state index is 13.1. The van der Waals surface area contributed by atoms with Crippen molar-refractivity contribution in [1.82, 2.24) is 10.2 Å². The standard InChI is InChI=1S/C27H30N2O5S/c30-25(29-12-13-35-16-24(29)26(31)32)17-6-5-7-18(14-17)28-27(33)34-15-23-21-10-3-1-8-19(21)20-9-2-4-11-22(20)23/h1-4,8-11,17-18,23-24H,5-7,12-16H2,(H,28,33)(H,31,32)/t17-,18+,24?/m0/s1. The monoisotopic (exact) mass is 494 g/mol. The topological polar surface area (TPSA) is 95.9 Å². The summed E-state index contributed by atoms with van der Waals surface area (Å²) in [6.45, 7) is 0.710. The Labute approximate surface area is 209 Å². The first kappa shape index (κ1) is 23.7. The number of nitrogens with zero attached hydrogens (tertiary/aromatic N) is 1. The number of benzene rings is 2. The molecule has 2 N–H and O–H groups in total. The largest absolute Gasteiger partial charge is 0.480 e. The minimum absolute atomic E-state index is 0.00115. The molecule has 7 nitrogen and oxygen atoms in total. The zero-order valence-electron chi connectivity index (χ0n) is 19.5. The van der Waals surface area contributed by atoms with Crippen LogP contribution in [0.2, 0.25) is 0 Å². The summed E-state index contributed by atoms with van der Waals surface area (Å²) in [6.07, 6.45) is 2.36. The number of thioether (sulfide) groups is 1. The fraction of sp³-hybridized carbons (Fsp3) is 0.444. The maximum absolute atomic E-state index is 13.1. The van der Waals surface area contributed by atoms with Gasteiger partial charge >= 0.3 is 12.1 Å². The molecule has 0 aromatic heterocycles. The second kappa shape index (κ2) is 10.3. The number of fused-ring (bicyclic) bond motifs is 3. The molecule has 8 heteroatoms. The Kier molecular flexibility index (Phi) is 7.00. The van der Waals surface area contributed by atoms with E-state index in [2.05, 4.69) is 29.6 Å². The molecule has 0 bridgehead atoms. The van der Waals surface area contributed by atoms with Crippen molar-refractivity contribution in [2.75, 3.05) is 24.7 Å². The van der Waals surface area contributed by atoms with Crippen molar-refractivity contribution in [3.63, 3.8) is 0 Å². The van der Waals surface area contributed by atoms with E-state index < -0.39 is 18.1 Å². The van der Waals surface area contributed by atoms with Gasteiger partial charge in [-0.25, -0.2) is 9.59 Å². The van der Waals surface area contributed by atoms with Crippen LogP contribution in [0, 0.1) is 5.92 Å². The molecular weight excluding hydrogens is 464 g/mol. The lowest BCUT2D eigenvalue weighted by Crippen LogP contribution is -2.53. The first-order valence-corrected chi connectivity index (χ1v) is 13.4. The third kappa shape index (κ3) is 4.89. The molecule has 2 fully saturated rings. The molecule has 3 atom stereocenters. The van der Waals surface area contributed by atoms with Gasteiger partial charge in [-0.15, -0.1) is 0 Å². The van der Waals surface area contributed by atoms with E-state index in [9.17, 15) is 19.5 Å². The van der Waals surface area contributed by atoms with Crippen LogP contribution in [0.3, 0.4) is 0 Å². The van der Waals surface area contributed by atoms with Gasteiger partial charge in [0.15, 0.2) is 0 Å². The third-order valence-electron chi connectivity index (χ3n) is 7.39. The van der Waals surface area contributed by atoms with E-state index in [1.54, 1.807) is 11.8 Å². The Morgan fingerprint density at radius 1 is 1.03 bits per heavy atom. The summed E-state index contributed by atoms with van der Waals surface area (Å²) in [5.41, 5.74) is 4.69. The van der Waals surface area contributed by atoms with Gasteiger partial charge in [-0.3, -0.25) is 4.79 Å². The van der Waals surface area contributed by atoms with Gasteiger partial charge in [-0.1, -0.05) is 55.0 Å². The van der Waals surface area contributed by atoms with Crippen molar-refractivity contribution in [2.45, 2.75) is 43.7 Å². The highest BCUT2D eigenvalue weighted by Crippen LogP contribution is 2.44. The maximum Gasteiger partial charge on any atom is 0.407 e. The van der Waals surface area contributed by atoms with Gasteiger partial charge < -0.3 is 20.1 Å². The summed E-state index contributed by atoms with van der Waals surface area (Å²) in [5.74, 6) is -0.142. The summed E-state index contributed by atoms with van der Waals surface area (Å²) in [6, 6.07) is 15.5. The number of hydrogen-bond acceptors (Lipinski definition) is 5. The number of alkyl carbamates (subject to hydrolysis) is 1. The van der Waals surface area contributed by atoms with Crippen LogP contribution in [0.4, 0.5) is 4.79 Å². The molecule has 1 heterocycles. The highest BCUT2D eigenvalue weighted by atomic mass is 32.2. The predicted octanol–water partition coefficient (Wildman–Crippen LogP) is 4.11. The van der Waals surface area contributed by atoms with Gasteiger partial charge in [0.2, 0.25) is 5.91 Å². The zero-order chi connectivity index (χ0) is 24.4. The quantitative estimate of drug-likeness (QED) is 0.650. The number of hydrogen-bond donors (Lipinski definition) is 2. The van der Waals surface area contributed by atoms with Crippen molar-refractivity contribution in [3.05, 3.63) is 59.7 Å². The average Bonchev–Trinajstić information content (AvgIpc) is 3.21. The van der Waals surface area contributed by atoms with Crippen LogP contribution < -0.4 is 5.32 Å². The van der Waals surface area contributed by atoms with E-state index >= 15 is 0 Å². The molecular formula is C27H30N2O5S. The smallest absolute Gasteiger partial charge is 0.407 e. The van der Waals surface area contributed by atoms with E-state index in [1.807, 2.05) is 24.3 Å². The second-order valence-electron chi connectivity index (χ2n) is 9.49.